The van der Waals surface area contributed by atoms with Gasteiger partial charge in [-0.2, -0.15) is 0 Å². The van der Waals surface area contributed by atoms with Gasteiger partial charge in [0.15, 0.2) is 0 Å². The van der Waals surface area contributed by atoms with Crippen molar-refractivity contribution in [3.8, 4) is 0 Å². The Morgan fingerprint density at radius 1 is 0.750 bits per heavy atom. The molecule has 0 amide bonds. The first kappa shape index (κ1) is 33.0. The third-order valence-electron chi connectivity index (χ3n) is 4.61. The van der Waals surface area contributed by atoms with Crippen LogP contribution in [0.5, 0.6) is 0 Å². The summed E-state index contributed by atoms with van der Waals surface area (Å²) in [6, 6.07) is 0. The summed E-state index contributed by atoms with van der Waals surface area (Å²) < 4.78 is 0. The van der Waals surface area contributed by atoms with Crippen LogP contribution in [0.2, 0.25) is 0 Å². The number of carboxylic acids is 3. The van der Waals surface area contributed by atoms with Crippen molar-refractivity contribution in [3.05, 3.63) is 0 Å². The van der Waals surface area contributed by atoms with Crippen molar-refractivity contribution in [2.75, 3.05) is 0 Å². The molecule has 24 heavy (non-hydrogen) atoms. The fourth-order valence-electron chi connectivity index (χ4n) is 3.07. The zero-order valence-electron chi connectivity index (χ0n) is 16.3. The Bertz CT molecular complexity index is 425. The maximum atomic E-state index is 11.5. The smallest absolute Gasteiger partial charge is 0.550 e. The first-order valence-electron chi connectivity index (χ1n) is 6.98. The number of carbonyl (C=O) groups excluding carboxylic acids is 3. The Labute approximate surface area is 210 Å². The molecule has 0 radical (unpaired) electrons. The SMILES string of the molecule is CC(C)C(C(=O)[O-])C(C)C(C(=O)[O-])C(C)(C)C(C)C(=O)[O-].[Na+].[Na+].[Na+]. The molecule has 0 rings (SSSR count). The van der Waals surface area contributed by atoms with E-state index < -0.39 is 47.0 Å². The Balaban J connectivity index is -0.000000667. The Morgan fingerprint density at radius 2 is 1.12 bits per heavy atom. The van der Waals surface area contributed by atoms with Gasteiger partial charge in [0.25, 0.3) is 0 Å². The molecule has 0 saturated heterocycles. The molecule has 0 fully saturated rings. The fourth-order valence-corrected chi connectivity index (χ4v) is 3.07. The molecule has 9 heteroatoms. The third-order valence-corrected chi connectivity index (χ3v) is 4.61. The van der Waals surface area contributed by atoms with Gasteiger partial charge in [0, 0.05) is 35.7 Å². The normalized spacial score (nSPS) is 15.6. The topological polar surface area (TPSA) is 120 Å². The molecule has 0 aromatic heterocycles. The van der Waals surface area contributed by atoms with E-state index in [1.807, 2.05) is 0 Å². The van der Waals surface area contributed by atoms with Gasteiger partial charge in [-0.3, -0.25) is 0 Å². The van der Waals surface area contributed by atoms with Gasteiger partial charge in [-0.15, -0.1) is 0 Å². The largest absolute Gasteiger partial charge is 1.00 e. The summed E-state index contributed by atoms with van der Waals surface area (Å²) in [5, 5.41) is 33.9. The predicted octanol–water partition coefficient (Wildman–Crippen LogP) is -10.6. The van der Waals surface area contributed by atoms with Crippen LogP contribution in [-0.4, -0.2) is 17.9 Å². The van der Waals surface area contributed by atoms with Gasteiger partial charge in [0.1, 0.15) is 0 Å². The van der Waals surface area contributed by atoms with Crippen LogP contribution in [0.3, 0.4) is 0 Å². The van der Waals surface area contributed by atoms with Crippen LogP contribution in [0.1, 0.15) is 41.5 Å². The molecule has 122 valence electrons. The number of carboxylic acid groups (broad SMARTS) is 3. The van der Waals surface area contributed by atoms with E-state index in [9.17, 15) is 29.7 Å². The molecule has 4 atom stereocenters. The number of hydrogen-bond acceptors (Lipinski definition) is 6. The Morgan fingerprint density at radius 3 is 1.33 bits per heavy atom. The summed E-state index contributed by atoms with van der Waals surface area (Å²) >= 11 is 0. The maximum Gasteiger partial charge on any atom is 1.00 e. The standard InChI is InChI=1S/C15H26O6.3Na/c1-7(2)10(13(18)19)8(3)11(14(20)21)15(5,6)9(4)12(16)17;;;/h7-11H,1-6H3,(H,16,17)(H,18,19)(H,20,21);;;/q;3*+1/p-3. The molecular weight excluding hydrogens is 345 g/mol. The van der Waals surface area contributed by atoms with E-state index in [-0.39, 0.29) is 94.6 Å². The van der Waals surface area contributed by atoms with Crippen molar-refractivity contribution in [1.29, 1.82) is 0 Å². The average molecular weight is 368 g/mol. The zero-order chi connectivity index (χ0) is 17.1. The van der Waals surface area contributed by atoms with Gasteiger partial charge in [-0.05, 0) is 17.3 Å². The van der Waals surface area contributed by atoms with Crippen molar-refractivity contribution in [2.45, 2.75) is 41.5 Å². The van der Waals surface area contributed by atoms with Crippen molar-refractivity contribution in [1.82, 2.24) is 0 Å². The van der Waals surface area contributed by atoms with Gasteiger partial charge < -0.3 is 29.7 Å². The van der Waals surface area contributed by atoms with Crippen LogP contribution in [0.25, 0.3) is 0 Å². The minimum absolute atomic E-state index is 0. The Hall–Kier alpha value is 1.41. The summed E-state index contributed by atoms with van der Waals surface area (Å²) in [5.74, 6) is -8.71. The van der Waals surface area contributed by atoms with Crippen LogP contribution >= 0.6 is 0 Å². The fraction of sp³-hybridized carbons (Fsp3) is 0.800. The van der Waals surface area contributed by atoms with Crippen molar-refractivity contribution in [2.24, 2.45) is 35.0 Å². The molecule has 0 aromatic rings. The van der Waals surface area contributed by atoms with Gasteiger partial charge in [-0.1, -0.05) is 41.5 Å². The predicted molar refractivity (Wildman–Crippen MR) is 68.9 cm³/mol. The average Bonchev–Trinajstić information content (AvgIpc) is 2.25. The van der Waals surface area contributed by atoms with Crippen LogP contribution in [0.15, 0.2) is 0 Å². The first-order chi connectivity index (χ1) is 9.35. The van der Waals surface area contributed by atoms with Gasteiger partial charge in [0.2, 0.25) is 0 Å². The molecule has 4 unspecified atom stereocenters. The minimum Gasteiger partial charge on any atom is -0.550 e. The van der Waals surface area contributed by atoms with Crippen LogP contribution < -0.4 is 104 Å². The second kappa shape index (κ2) is 13.6. The summed E-state index contributed by atoms with van der Waals surface area (Å²) in [6.07, 6.45) is 0. The van der Waals surface area contributed by atoms with Crippen LogP contribution in [0.4, 0.5) is 0 Å². The summed E-state index contributed by atoms with van der Waals surface area (Å²) in [5.41, 5.74) is -1.22. The quantitative estimate of drug-likeness (QED) is 0.392. The summed E-state index contributed by atoms with van der Waals surface area (Å²) in [7, 11) is 0. The van der Waals surface area contributed by atoms with Gasteiger partial charge >= 0.3 is 88.7 Å². The molecule has 0 aliphatic carbocycles. The van der Waals surface area contributed by atoms with Crippen molar-refractivity contribution < 1.29 is 118 Å². The molecule has 6 nitrogen and oxygen atoms in total. The number of rotatable bonds is 8. The molecular formula is C15H23Na3O6. The van der Waals surface area contributed by atoms with E-state index in [1.54, 1.807) is 13.8 Å². The first-order valence-corrected chi connectivity index (χ1v) is 6.98. The molecule has 0 saturated carbocycles. The van der Waals surface area contributed by atoms with Crippen molar-refractivity contribution in [3.63, 3.8) is 0 Å². The van der Waals surface area contributed by atoms with E-state index in [0.717, 1.165) is 0 Å². The second-order valence-electron chi connectivity index (χ2n) is 6.61. The molecule has 0 spiro atoms. The van der Waals surface area contributed by atoms with E-state index in [4.69, 9.17) is 0 Å². The molecule has 0 aromatic carbocycles. The van der Waals surface area contributed by atoms with E-state index >= 15 is 0 Å². The van der Waals surface area contributed by atoms with Crippen LogP contribution in [0, 0.1) is 35.0 Å². The van der Waals surface area contributed by atoms with Crippen molar-refractivity contribution >= 4 is 17.9 Å². The van der Waals surface area contributed by atoms with Gasteiger partial charge in [0.05, 0.1) is 0 Å². The third kappa shape index (κ3) is 8.40. The zero-order valence-corrected chi connectivity index (χ0v) is 22.3. The minimum atomic E-state index is -1.47. The monoisotopic (exact) mass is 368 g/mol. The van der Waals surface area contributed by atoms with E-state index in [2.05, 4.69) is 0 Å². The van der Waals surface area contributed by atoms with Gasteiger partial charge in [-0.25, -0.2) is 0 Å². The Kier molecular flexibility index (Phi) is 18.7. The molecule has 0 bridgehead atoms. The molecule has 0 heterocycles. The maximum absolute atomic E-state index is 11.5. The molecule has 0 aliphatic heterocycles. The number of aliphatic carboxylic acids is 3. The number of hydrogen-bond donors (Lipinski definition) is 0. The summed E-state index contributed by atoms with van der Waals surface area (Å²) in [6.45, 7) is 9.07. The number of carbonyl (C=O) groups is 3. The van der Waals surface area contributed by atoms with Crippen LogP contribution in [-0.2, 0) is 14.4 Å². The second-order valence-corrected chi connectivity index (χ2v) is 6.61. The summed E-state index contributed by atoms with van der Waals surface area (Å²) in [4.78, 5) is 33.9. The van der Waals surface area contributed by atoms with E-state index in [1.165, 1.54) is 27.7 Å². The van der Waals surface area contributed by atoms with E-state index in [0.29, 0.717) is 0 Å². The molecule has 0 aliphatic rings. The molecule has 0 N–H and O–H groups in total.